The number of carbonyl (C=O) groups excluding carboxylic acids is 1. The number of rotatable bonds is 5. The summed E-state index contributed by atoms with van der Waals surface area (Å²) in [4.78, 5) is 22.6. The van der Waals surface area contributed by atoms with E-state index in [4.69, 9.17) is 6.13 Å². The average molecular weight is 2440 g/mol. The number of benzene rings is 9. The fraction of sp³-hybridized carbons (Fsp3) is 0.219. The van der Waals surface area contributed by atoms with Crippen LogP contribution in [0.1, 0.15) is 65.9 Å². The molecule has 4 aliphatic heterocycles. The zero-order valence-electron chi connectivity index (χ0n) is 53.6. The number of alkyl halides is 8. The van der Waals surface area contributed by atoms with Gasteiger partial charge in [0.05, 0.1) is 0 Å². The van der Waals surface area contributed by atoms with Crippen molar-refractivity contribution >= 4 is 235 Å². The maximum atomic E-state index is 12.1. The molecule has 7 nitrogen and oxygen atoms in total. The minimum absolute atomic E-state index is 0.0126. The van der Waals surface area contributed by atoms with E-state index in [1.54, 1.807) is 15.6 Å². The zero-order chi connectivity index (χ0) is 67.5. The van der Waals surface area contributed by atoms with Crippen LogP contribution in [0.2, 0.25) is 0 Å². The van der Waals surface area contributed by atoms with Crippen molar-refractivity contribution in [3.05, 3.63) is 298 Å². The largest absolute Gasteiger partial charge is 0.265 e. The summed E-state index contributed by atoms with van der Waals surface area (Å²) in [7, 11) is 0. The van der Waals surface area contributed by atoms with Crippen LogP contribution in [-0.2, 0) is 23.5 Å². The van der Waals surface area contributed by atoms with Crippen LogP contribution in [0.5, 0.6) is 0 Å². The van der Waals surface area contributed by atoms with Gasteiger partial charge in [-0.15, -0.1) is 0 Å². The topological polar surface area (TPSA) is 110 Å². The van der Waals surface area contributed by atoms with Gasteiger partial charge < -0.3 is 0 Å². The summed E-state index contributed by atoms with van der Waals surface area (Å²) >= 11 is -6.02. The summed E-state index contributed by atoms with van der Waals surface area (Å²) in [5, 5.41) is 0. The summed E-state index contributed by atoms with van der Waals surface area (Å²) in [6.45, 7) is 14.8. The quantitative estimate of drug-likeness (QED) is 0.130. The molecular formula is C73H82BrFI10O7. The summed E-state index contributed by atoms with van der Waals surface area (Å²) < 4.78 is 87.7. The molecule has 0 unspecified atom stereocenters. The molecule has 0 fully saturated rings. The Labute approximate surface area is 641 Å². The van der Waals surface area contributed by atoms with Crippen LogP contribution in [0, 0.1) is 62.3 Å². The van der Waals surface area contributed by atoms with Crippen molar-refractivity contribution in [2.24, 2.45) is 0 Å². The Morgan fingerprint density at radius 2 is 0.946 bits per heavy atom. The van der Waals surface area contributed by atoms with Gasteiger partial charge in [-0.3, -0.25) is 6.14 Å². The van der Waals surface area contributed by atoms with Gasteiger partial charge in [0.2, 0.25) is 0 Å². The van der Waals surface area contributed by atoms with E-state index in [9.17, 15) is 22.2 Å². The smallest absolute Gasteiger partial charge is 0.182 e. The van der Waals surface area contributed by atoms with Crippen LogP contribution in [0.25, 0.3) is 0 Å². The second-order valence-corrected chi connectivity index (χ2v) is 58.6. The van der Waals surface area contributed by atoms with E-state index >= 15 is 0 Å². The third-order valence-electron chi connectivity index (χ3n) is 13.0. The number of hydrogen-bond donors (Lipinski definition) is 2. The maximum absolute atomic E-state index is 12.1. The Morgan fingerprint density at radius 1 is 0.511 bits per heavy atom. The molecule has 4 aliphatic rings. The fourth-order valence-electron chi connectivity index (χ4n) is 8.75. The summed E-state index contributed by atoms with van der Waals surface area (Å²) in [5.41, 5.74) is 7.22. The second-order valence-electron chi connectivity index (χ2n) is 21.2. The third kappa shape index (κ3) is 27.6. The normalized spacial score (nSPS) is 15.6. The number of aryl methyl sites for hydroxylation is 3. The first-order valence-corrected chi connectivity index (χ1v) is 63.5. The molecule has 9 aromatic carbocycles. The standard InChI is InChI=1S/2C10H13IO.C9H12I2.C8H7IO2.C8H9IO.C8H9I.C7H6BrI.C7H9IO.C6H4FIO/c2*1-10(2)8-6-4-5-7-9(8)11(3)12-10;1-10-7-11(2)9-6-4-3-5-8(9)10;10-8-5-9(11)7-4-2-1-3-6(7)8;1-6-3-7(2)5-8(4-6)9-10;1-7-3-5-8(9-2)6-4-7;1-9-7-4-2-3-6(8)5-7;1-8(9)7-5-3-2-4-6-7;7-5-1-3-6(8-9)4-2-5/h2*4-7H,1-3H3;3-6H,7H2,1-2H3;1-4,11H,5H2;3-5H,1-2H3;3-6H,2H2,1H3;2-5H,1H2;2-6,9H,1H3;1-4H. The van der Waals surface area contributed by atoms with Crippen LogP contribution < -0.4 is 0 Å². The molecule has 0 saturated heterocycles. The molecule has 19 heteroatoms. The molecule has 92 heavy (non-hydrogen) atoms. The van der Waals surface area contributed by atoms with E-state index in [0.717, 1.165) is 24.3 Å². The molecule has 2 N–H and O–H groups in total. The summed E-state index contributed by atoms with van der Waals surface area (Å²) in [5.74, 6) is -0.162. The van der Waals surface area contributed by atoms with Crippen LogP contribution in [0.4, 0.5) is 4.39 Å². The van der Waals surface area contributed by atoms with E-state index in [1.807, 2.05) is 91.6 Å². The van der Waals surface area contributed by atoms with Crippen LogP contribution in [0.15, 0.2) is 223 Å². The predicted octanol–water partition coefficient (Wildman–Crippen LogP) is 23.7. The summed E-state index contributed by atoms with van der Waals surface area (Å²) in [6.07, 6.45) is 0. The van der Waals surface area contributed by atoms with Crippen molar-refractivity contribution in [3.8, 4) is 0 Å². The molecule has 0 spiro atoms. The number of carbonyl (C=O) groups is 1. The average Bonchev–Trinajstić information content (AvgIpc) is 1.68. The first kappa shape index (κ1) is 82.2. The molecule has 9 aromatic rings. The molecule has 0 saturated carbocycles. The van der Waals surface area contributed by atoms with Crippen LogP contribution in [0.3, 0.4) is 0 Å². The van der Waals surface area contributed by atoms with Gasteiger partial charge in [-0.25, -0.2) is 4.39 Å². The first-order chi connectivity index (χ1) is 43.8. The Bertz CT molecular complexity index is 3660. The Kier molecular flexibility index (Phi) is 38.1. The Balaban J connectivity index is 0.000000188. The molecule has 0 aliphatic carbocycles. The van der Waals surface area contributed by atoms with Crippen molar-refractivity contribution in [2.75, 3.05) is 31.5 Å². The van der Waals surface area contributed by atoms with Crippen molar-refractivity contribution in [1.29, 1.82) is 0 Å². The van der Waals surface area contributed by atoms with Gasteiger partial charge in [0.1, 0.15) is 5.82 Å². The van der Waals surface area contributed by atoms with Gasteiger partial charge in [-0.05, 0) is 98.6 Å². The number of Topliss-reactive ketones (excluding diaryl/α,β-unsaturated/α-hetero) is 1. The van der Waals surface area contributed by atoms with E-state index in [2.05, 4.69) is 195 Å². The Morgan fingerprint density at radius 3 is 1.36 bits per heavy atom. The van der Waals surface area contributed by atoms with Crippen LogP contribution in [-0.4, -0.2) is 53.2 Å². The molecule has 0 bridgehead atoms. The van der Waals surface area contributed by atoms with Crippen molar-refractivity contribution in [1.82, 2.24) is 0 Å². The van der Waals surface area contributed by atoms with Gasteiger partial charge >= 0.3 is 380 Å². The van der Waals surface area contributed by atoms with Crippen LogP contribution >= 0.6 is 220 Å². The van der Waals surface area contributed by atoms with Crippen molar-refractivity contribution < 1.29 is 28.3 Å². The molecule has 0 atom stereocenters. The monoisotopic (exact) mass is 2440 g/mol. The van der Waals surface area contributed by atoms with Gasteiger partial charge in [-0.1, -0.05) is 96.2 Å². The second kappa shape index (κ2) is 42.6. The maximum Gasteiger partial charge on any atom is 0.182 e. The molecule has 0 aromatic heterocycles. The van der Waals surface area contributed by atoms with E-state index in [1.165, 1.54) is 66.4 Å². The number of halogens is 12. The van der Waals surface area contributed by atoms with Gasteiger partial charge in [0.25, 0.3) is 0 Å². The van der Waals surface area contributed by atoms with Gasteiger partial charge in [0.15, 0.2) is 42.4 Å². The number of ketones is 1. The predicted molar refractivity (Wildman–Crippen MR) is 479 cm³/mol. The SMILES string of the molecule is C=Ic1ccc(C)cc1.C=Ic1cccc(Br)c1.CI(O)c1ccccc1.CI1CI(C)c2ccccc21.CI1OC(C)(C)c2ccccc21.CI1OC(C)(C)c2ccccc21.Cc1cc(C)cc(I=O)c1.O=C1CI(O)c2ccccc21.O=Ic1ccc(F)cc1. The Hall–Kier alpha value is -0.460. The zero-order valence-corrected chi connectivity index (χ0v) is 76.7. The molecule has 500 valence electrons. The first-order valence-electron chi connectivity index (χ1n) is 28.1. The molecule has 0 amide bonds. The van der Waals surface area contributed by atoms with E-state index < -0.39 is 163 Å². The molecule has 13 rings (SSSR count). The van der Waals surface area contributed by atoms with E-state index in [-0.39, 0.29) is 64.3 Å². The fourth-order valence-corrected chi connectivity index (χ4v) is 50.3. The molecule has 4 heterocycles. The third-order valence-corrected chi connectivity index (χ3v) is 54.2. The van der Waals surface area contributed by atoms with Crippen molar-refractivity contribution in [3.63, 3.8) is 0 Å². The number of hydrogen-bond acceptors (Lipinski definition) is 7. The minimum atomic E-state index is -2.02. The molecule has 0 radical (unpaired) electrons. The van der Waals surface area contributed by atoms with Crippen molar-refractivity contribution in [2.45, 2.75) is 59.7 Å². The molecular weight excluding hydrogens is 2360 g/mol. The van der Waals surface area contributed by atoms with Gasteiger partial charge in [0, 0.05) is 18.8 Å². The minimum Gasteiger partial charge on any atom is -0.265 e. The number of fused-ring (bicyclic) bond motifs is 4. The van der Waals surface area contributed by atoms with Gasteiger partial charge in [-0.2, -0.15) is 0 Å². The summed E-state index contributed by atoms with van der Waals surface area (Å²) in [6, 6.07) is 72.3. The van der Waals surface area contributed by atoms with E-state index in [0.29, 0.717) is 4.43 Å².